The Kier molecular flexibility index (Phi) is 4.42. The number of anilines is 1. The smallest absolute Gasteiger partial charge is 0.411 e. The lowest BCUT2D eigenvalue weighted by atomic mass is 10.2. The number of alkyl halides is 1. The monoisotopic (exact) mass is 291 g/mol. The maximum absolute atomic E-state index is 10.9. The Morgan fingerprint density at radius 3 is 2.67 bits per heavy atom. The second-order valence-electron chi connectivity index (χ2n) is 2.94. The van der Waals surface area contributed by atoms with E-state index in [0.717, 1.165) is 5.56 Å². The van der Waals surface area contributed by atoms with E-state index in [9.17, 15) is 4.79 Å². The Labute approximate surface area is 102 Å². The van der Waals surface area contributed by atoms with Gasteiger partial charge in [-0.05, 0) is 24.6 Å². The summed E-state index contributed by atoms with van der Waals surface area (Å²) >= 11 is 9.29. The van der Waals surface area contributed by atoms with Crippen molar-refractivity contribution < 1.29 is 9.90 Å². The lowest BCUT2D eigenvalue weighted by Gasteiger charge is -2.17. The van der Waals surface area contributed by atoms with Gasteiger partial charge in [0, 0.05) is 22.6 Å². The predicted molar refractivity (Wildman–Crippen MR) is 65.1 cm³/mol. The van der Waals surface area contributed by atoms with Crippen LogP contribution in [0, 0.1) is 0 Å². The van der Waals surface area contributed by atoms with Crippen molar-refractivity contribution in [1.82, 2.24) is 0 Å². The van der Waals surface area contributed by atoms with Crippen molar-refractivity contribution in [2.75, 3.05) is 11.4 Å². The first-order valence-electron chi connectivity index (χ1n) is 4.45. The number of benzene rings is 1. The molecule has 1 aromatic carbocycles. The van der Waals surface area contributed by atoms with Crippen LogP contribution in [0.3, 0.4) is 0 Å². The van der Waals surface area contributed by atoms with Gasteiger partial charge in [-0.3, -0.25) is 4.90 Å². The van der Waals surface area contributed by atoms with Gasteiger partial charge in [-0.15, -0.1) is 0 Å². The van der Waals surface area contributed by atoms with Crippen molar-refractivity contribution in [1.29, 1.82) is 0 Å². The molecule has 0 aromatic heterocycles. The average molecular weight is 293 g/mol. The average Bonchev–Trinajstić information content (AvgIpc) is 2.18. The molecule has 0 saturated carbocycles. The van der Waals surface area contributed by atoms with Gasteiger partial charge in [0.25, 0.3) is 0 Å². The molecule has 0 saturated heterocycles. The Morgan fingerprint density at radius 2 is 2.27 bits per heavy atom. The molecule has 1 aromatic rings. The van der Waals surface area contributed by atoms with E-state index in [1.54, 1.807) is 19.1 Å². The van der Waals surface area contributed by atoms with Gasteiger partial charge in [-0.1, -0.05) is 33.6 Å². The molecule has 82 valence electrons. The van der Waals surface area contributed by atoms with E-state index in [4.69, 9.17) is 16.7 Å². The molecule has 0 aliphatic rings. The van der Waals surface area contributed by atoms with E-state index in [0.29, 0.717) is 22.6 Å². The lowest BCUT2D eigenvalue weighted by Crippen LogP contribution is -2.28. The van der Waals surface area contributed by atoms with Crippen LogP contribution in [0.4, 0.5) is 10.5 Å². The van der Waals surface area contributed by atoms with E-state index in [1.807, 2.05) is 6.07 Å². The van der Waals surface area contributed by atoms with E-state index in [2.05, 4.69) is 15.9 Å². The zero-order valence-corrected chi connectivity index (χ0v) is 10.5. The van der Waals surface area contributed by atoms with Crippen LogP contribution >= 0.6 is 27.5 Å². The Hall–Kier alpha value is -0.740. The van der Waals surface area contributed by atoms with Crippen LogP contribution in [-0.4, -0.2) is 17.7 Å². The van der Waals surface area contributed by atoms with Crippen molar-refractivity contribution in [3.05, 3.63) is 28.8 Å². The summed E-state index contributed by atoms with van der Waals surface area (Å²) < 4.78 is 0. The fourth-order valence-electron chi connectivity index (χ4n) is 1.24. The molecule has 1 rings (SSSR count). The second-order valence-corrected chi connectivity index (χ2v) is 3.90. The second kappa shape index (κ2) is 5.37. The Balaban J connectivity index is 3.05. The molecular formula is C10H11BrClNO2. The molecule has 0 fully saturated rings. The first kappa shape index (κ1) is 12.3. The number of hydrogen-bond acceptors (Lipinski definition) is 1. The van der Waals surface area contributed by atoms with E-state index >= 15 is 0 Å². The molecule has 0 heterocycles. The molecule has 1 N–H and O–H groups in total. The molecule has 3 nitrogen and oxygen atoms in total. The minimum Gasteiger partial charge on any atom is -0.465 e. The summed E-state index contributed by atoms with van der Waals surface area (Å²) in [5, 5.41) is 10.1. The highest BCUT2D eigenvalue weighted by atomic mass is 79.9. The first-order valence-corrected chi connectivity index (χ1v) is 5.95. The van der Waals surface area contributed by atoms with Crippen LogP contribution in [0.15, 0.2) is 18.2 Å². The third kappa shape index (κ3) is 2.86. The van der Waals surface area contributed by atoms with E-state index in [1.165, 1.54) is 4.90 Å². The normalized spacial score (nSPS) is 10.1. The van der Waals surface area contributed by atoms with Crippen LogP contribution in [0.25, 0.3) is 0 Å². The molecule has 1 amide bonds. The largest absolute Gasteiger partial charge is 0.465 e. The SMILES string of the molecule is CCN(C(=O)O)c1ccc(CBr)c(Cl)c1. The fraction of sp³-hybridized carbons (Fsp3) is 0.300. The minimum atomic E-state index is -0.972. The van der Waals surface area contributed by atoms with E-state index < -0.39 is 6.09 Å². The van der Waals surface area contributed by atoms with Crippen molar-refractivity contribution in [2.24, 2.45) is 0 Å². The van der Waals surface area contributed by atoms with Crippen LogP contribution in [0.2, 0.25) is 5.02 Å². The molecule has 5 heteroatoms. The molecule has 0 aliphatic carbocycles. The Bertz CT molecular complexity index is 370. The van der Waals surface area contributed by atoms with Gasteiger partial charge in [0.2, 0.25) is 0 Å². The number of amides is 1. The summed E-state index contributed by atoms with van der Waals surface area (Å²) in [6.07, 6.45) is -0.972. The molecule has 0 atom stereocenters. The molecule has 15 heavy (non-hydrogen) atoms. The zero-order chi connectivity index (χ0) is 11.4. The highest BCUT2D eigenvalue weighted by Gasteiger charge is 2.12. The number of carbonyl (C=O) groups is 1. The van der Waals surface area contributed by atoms with Crippen LogP contribution < -0.4 is 4.90 Å². The fourth-order valence-corrected chi connectivity index (χ4v) is 2.13. The highest BCUT2D eigenvalue weighted by molar-refractivity contribution is 9.08. The van der Waals surface area contributed by atoms with E-state index in [-0.39, 0.29) is 0 Å². The number of carboxylic acid groups (broad SMARTS) is 1. The van der Waals surface area contributed by atoms with Gasteiger partial charge in [-0.25, -0.2) is 4.79 Å². The standard InChI is InChI=1S/C10H11BrClNO2/c1-2-13(10(14)15)8-4-3-7(6-11)9(12)5-8/h3-5H,2,6H2,1H3,(H,14,15). The van der Waals surface area contributed by atoms with Crippen LogP contribution in [0.1, 0.15) is 12.5 Å². The van der Waals surface area contributed by atoms with Crippen LogP contribution in [-0.2, 0) is 5.33 Å². The van der Waals surface area contributed by atoms with Crippen LogP contribution in [0.5, 0.6) is 0 Å². The van der Waals surface area contributed by atoms with Crippen molar-refractivity contribution in [3.63, 3.8) is 0 Å². The lowest BCUT2D eigenvalue weighted by molar-refractivity contribution is 0.202. The Morgan fingerprint density at radius 1 is 1.60 bits per heavy atom. The van der Waals surface area contributed by atoms with Gasteiger partial charge in [0.15, 0.2) is 0 Å². The third-order valence-corrected chi connectivity index (χ3v) is 3.00. The topological polar surface area (TPSA) is 40.5 Å². The molecule has 0 unspecified atom stereocenters. The van der Waals surface area contributed by atoms with Gasteiger partial charge in [-0.2, -0.15) is 0 Å². The predicted octanol–water partition coefficient (Wildman–Crippen LogP) is 3.74. The summed E-state index contributed by atoms with van der Waals surface area (Å²) in [5.74, 6) is 0. The van der Waals surface area contributed by atoms with Crippen molar-refractivity contribution in [3.8, 4) is 0 Å². The van der Waals surface area contributed by atoms with Gasteiger partial charge in [0.05, 0.1) is 0 Å². The molecule has 0 spiro atoms. The molecular weight excluding hydrogens is 281 g/mol. The maximum atomic E-state index is 10.9. The number of halogens is 2. The quantitative estimate of drug-likeness (QED) is 0.862. The summed E-state index contributed by atoms with van der Waals surface area (Å²) in [4.78, 5) is 12.1. The van der Waals surface area contributed by atoms with Gasteiger partial charge in [0.1, 0.15) is 0 Å². The van der Waals surface area contributed by atoms with Gasteiger partial charge >= 0.3 is 6.09 Å². The van der Waals surface area contributed by atoms with Gasteiger partial charge < -0.3 is 5.11 Å². The summed E-state index contributed by atoms with van der Waals surface area (Å²) in [5.41, 5.74) is 1.54. The summed E-state index contributed by atoms with van der Waals surface area (Å²) in [7, 11) is 0. The van der Waals surface area contributed by atoms with Crippen molar-refractivity contribution in [2.45, 2.75) is 12.3 Å². The number of nitrogens with zero attached hydrogens (tertiary/aromatic N) is 1. The highest BCUT2D eigenvalue weighted by Crippen LogP contribution is 2.25. The molecule has 0 aliphatic heterocycles. The number of hydrogen-bond donors (Lipinski definition) is 1. The van der Waals surface area contributed by atoms with Crippen molar-refractivity contribution >= 4 is 39.3 Å². The first-order chi connectivity index (χ1) is 7.10. The number of rotatable bonds is 3. The molecule has 0 radical (unpaired) electrons. The minimum absolute atomic E-state index is 0.402. The molecule has 0 bridgehead atoms. The summed E-state index contributed by atoms with van der Waals surface area (Å²) in [6.45, 7) is 2.18. The summed E-state index contributed by atoms with van der Waals surface area (Å²) in [6, 6.07) is 5.23. The zero-order valence-electron chi connectivity index (χ0n) is 8.20. The maximum Gasteiger partial charge on any atom is 0.411 e. The third-order valence-electron chi connectivity index (χ3n) is 2.04.